The molecule has 0 saturated carbocycles. The van der Waals surface area contributed by atoms with Crippen molar-refractivity contribution < 1.29 is 14.3 Å². The van der Waals surface area contributed by atoms with Gasteiger partial charge in [-0.1, -0.05) is 12.1 Å². The third-order valence-electron chi connectivity index (χ3n) is 2.06. The molecule has 0 amide bonds. The normalized spacial score (nSPS) is 10.5. The second-order valence-corrected chi connectivity index (χ2v) is 3.07. The molecule has 15 heavy (non-hydrogen) atoms. The number of hydrogen-bond acceptors (Lipinski definition) is 3. The van der Waals surface area contributed by atoms with E-state index in [4.69, 9.17) is 5.11 Å². The molecule has 2 rings (SSSR count). The number of carboxylic acids is 1. The molecule has 0 aliphatic heterocycles. The van der Waals surface area contributed by atoms with Crippen molar-refractivity contribution in [2.75, 3.05) is 0 Å². The molecular weight excluding hydrogens is 199 g/mol. The Kier molecular flexibility index (Phi) is 2.07. The van der Waals surface area contributed by atoms with Crippen molar-refractivity contribution in [2.45, 2.75) is 6.92 Å². The monoisotopic (exact) mass is 206 g/mol. The van der Waals surface area contributed by atoms with Crippen molar-refractivity contribution in [1.82, 2.24) is 9.97 Å². The lowest BCUT2D eigenvalue weighted by molar-refractivity contribution is 0.0683. The first-order valence-corrected chi connectivity index (χ1v) is 4.26. The Morgan fingerprint density at radius 3 is 2.80 bits per heavy atom. The Morgan fingerprint density at radius 1 is 1.40 bits per heavy atom. The fourth-order valence-electron chi connectivity index (χ4n) is 1.37. The van der Waals surface area contributed by atoms with E-state index in [0.29, 0.717) is 11.1 Å². The maximum absolute atomic E-state index is 13.3. The Hall–Kier alpha value is -2.04. The lowest BCUT2D eigenvalue weighted by Gasteiger charge is -2.02. The van der Waals surface area contributed by atoms with E-state index >= 15 is 0 Å². The van der Waals surface area contributed by atoms with Crippen LogP contribution in [0.1, 0.15) is 16.3 Å². The highest BCUT2D eigenvalue weighted by molar-refractivity contribution is 5.88. The molecule has 0 radical (unpaired) electrons. The lowest BCUT2D eigenvalue weighted by Crippen LogP contribution is -2.06. The van der Waals surface area contributed by atoms with E-state index in [1.165, 1.54) is 12.1 Å². The summed E-state index contributed by atoms with van der Waals surface area (Å²) in [5, 5.41) is 9.24. The topological polar surface area (TPSA) is 63.1 Å². The van der Waals surface area contributed by atoms with Gasteiger partial charge in [0.1, 0.15) is 11.3 Å². The number of benzene rings is 1. The summed E-state index contributed by atoms with van der Waals surface area (Å²) >= 11 is 0. The molecule has 0 bridgehead atoms. The van der Waals surface area contributed by atoms with Gasteiger partial charge in [0, 0.05) is 11.1 Å². The van der Waals surface area contributed by atoms with Gasteiger partial charge in [0.15, 0.2) is 0 Å². The van der Waals surface area contributed by atoms with Crippen LogP contribution in [0.2, 0.25) is 0 Å². The second kappa shape index (κ2) is 3.27. The lowest BCUT2D eigenvalue weighted by atomic mass is 10.2. The van der Waals surface area contributed by atoms with Gasteiger partial charge < -0.3 is 5.11 Å². The van der Waals surface area contributed by atoms with Gasteiger partial charge in [0.25, 0.3) is 0 Å². The zero-order valence-electron chi connectivity index (χ0n) is 7.86. The molecule has 5 heteroatoms. The Balaban J connectivity index is 2.85. The summed E-state index contributed by atoms with van der Waals surface area (Å²) in [4.78, 5) is 18.1. The van der Waals surface area contributed by atoms with Crippen molar-refractivity contribution in [3.8, 4) is 0 Å². The summed E-state index contributed by atoms with van der Waals surface area (Å²) in [6.45, 7) is 1.62. The average molecular weight is 206 g/mol. The minimum Gasteiger partial charge on any atom is -0.475 e. The van der Waals surface area contributed by atoms with Crippen molar-refractivity contribution in [3.05, 3.63) is 35.5 Å². The van der Waals surface area contributed by atoms with Gasteiger partial charge in [-0.3, -0.25) is 0 Å². The third kappa shape index (κ3) is 1.52. The molecule has 76 valence electrons. The molecule has 0 fully saturated rings. The number of fused-ring (bicyclic) bond motifs is 1. The van der Waals surface area contributed by atoms with Crippen LogP contribution in [0.25, 0.3) is 10.9 Å². The first-order chi connectivity index (χ1) is 7.09. The minimum absolute atomic E-state index is 0.0439. The smallest absolute Gasteiger partial charge is 0.373 e. The summed E-state index contributed by atoms with van der Waals surface area (Å²) < 4.78 is 13.3. The predicted octanol–water partition coefficient (Wildman–Crippen LogP) is 1.78. The fraction of sp³-hybridized carbons (Fsp3) is 0.100. The molecule has 0 unspecified atom stereocenters. The van der Waals surface area contributed by atoms with E-state index in [-0.39, 0.29) is 11.3 Å². The molecule has 0 spiro atoms. The predicted molar refractivity (Wildman–Crippen MR) is 51.2 cm³/mol. The van der Waals surface area contributed by atoms with E-state index in [1.807, 2.05) is 0 Å². The molecule has 1 aromatic carbocycles. The van der Waals surface area contributed by atoms with Crippen LogP contribution >= 0.6 is 0 Å². The number of aromatic carboxylic acids is 1. The van der Waals surface area contributed by atoms with Crippen LogP contribution in [0.15, 0.2) is 18.2 Å². The molecule has 0 atom stereocenters. The van der Waals surface area contributed by atoms with Crippen LogP contribution in [0.3, 0.4) is 0 Å². The Bertz CT molecular complexity index is 554. The number of rotatable bonds is 1. The molecule has 1 aromatic heterocycles. The van der Waals surface area contributed by atoms with Crippen LogP contribution in [-0.4, -0.2) is 21.0 Å². The number of halogens is 1. The minimum atomic E-state index is -1.26. The van der Waals surface area contributed by atoms with Crippen LogP contribution in [-0.2, 0) is 0 Å². The van der Waals surface area contributed by atoms with Gasteiger partial charge in [-0.2, -0.15) is 0 Å². The number of carbonyl (C=O) groups is 1. The summed E-state index contributed by atoms with van der Waals surface area (Å²) in [7, 11) is 0. The molecule has 1 heterocycles. The first-order valence-electron chi connectivity index (χ1n) is 4.26. The zero-order chi connectivity index (χ0) is 11.0. The second-order valence-electron chi connectivity index (χ2n) is 3.07. The van der Waals surface area contributed by atoms with Crippen molar-refractivity contribution in [3.63, 3.8) is 0 Å². The summed E-state index contributed by atoms with van der Waals surface area (Å²) in [5.41, 5.74) is 0.499. The van der Waals surface area contributed by atoms with Gasteiger partial charge in [-0.05, 0) is 13.0 Å². The van der Waals surface area contributed by atoms with E-state index in [9.17, 15) is 9.18 Å². The Morgan fingerprint density at radius 2 is 2.13 bits per heavy atom. The number of nitrogens with zero attached hydrogens (tertiary/aromatic N) is 2. The standard InChI is InChI=1S/C10H7FN2O2/c1-5-6-3-2-4-7(11)8(6)13-9(12-5)10(14)15/h2-4H,1H3,(H,14,15). The van der Waals surface area contributed by atoms with Crippen LogP contribution < -0.4 is 0 Å². The molecular formula is C10H7FN2O2. The molecule has 1 N–H and O–H groups in total. The largest absolute Gasteiger partial charge is 0.475 e. The van der Waals surface area contributed by atoms with Crippen molar-refractivity contribution in [2.24, 2.45) is 0 Å². The SMILES string of the molecule is Cc1nc(C(=O)O)nc2c(F)cccc12. The van der Waals surface area contributed by atoms with Gasteiger partial charge in [0.2, 0.25) is 5.82 Å². The van der Waals surface area contributed by atoms with Crippen molar-refractivity contribution >= 4 is 16.9 Å². The highest BCUT2D eigenvalue weighted by Gasteiger charge is 2.12. The summed E-state index contributed by atoms with van der Waals surface area (Å²) in [5.74, 6) is -2.19. The van der Waals surface area contributed by atoms with E-state index < -0.39 is 11.8 Å². The quantitative estimate of drug-likeness (QED) is 0.772. The first kappa shape index (κ1) is 9.51. The number of aromatic nitrogens is 2. The average Bonchev–Trinajstić information content (AvgIpc) is 2.19. The zero-order valence-corrected chi connectivity index (χ0v) is 7.86. The van der Waals surface area contributed by atoms with E-state index in [2.05, 4.69) is 9.97 Å². The van der Waals surface area contributed by atoms with Gasteiger partial charge in [-0.25, -0.2) is 19.2 Å². The van der Waals surface area contributed by atoms with Gasteiger partial charge in [-0.15, -0.1) is 0 Å². The van der Waals surface area contributed by atoms with E-state index in [0.717, 1.165) is 0 Å². The Labute approximate surface area is 84.4 Å². The van der Waals surface area contributed by atoms with Crippen LogP contribution in [0.5, 0.6) is 0 Å². The fourth-order valence-corrected chi connectivity index (χ4v) is 1.37. The number of carboxylic acid groups (broad SMARTS) is 1. The molecule has 0 saturated heterocycles. The third-order valence-corrected chi connectivity index (χ3v) is 2.06. The van der Waals surface area contributed by atoms with E-state index in [1.54, 1.807) is 13.0 Å². The van der Waals surface area contributed by atoms with Gasteiger partial charge >= 0.3 is 5.97 Å². The summed E-state index contributed by atoms with van der Waals surface area (Å²) in [6.07, 6.45) is 0. The summed E-state index contributed by atoms with van der Waals surface area (Å²) in [6, 6.07) is 4.42. The molecule has 0 aliphatic rings. The maximum atomic E-state index is 13.3. The number of aryl methyl sites for hydroxylation is 1. The number of para-hydroxylation sites is 1. The molecule has 4 nitrogen and oxygen atoms in total. The highest BCUT2D eigenvalue weighted by Crippen LogP contribution is 2.17. The molecule has 0 aliphatic carbocycles. The maximum Gasteiger partial charge on any atom is 0.373 e. The van der Waals surface area contributed by atoms with Crippen LogP contribution in [0.4, 0.5) is 4.39 Å². The van der Waals surface area contributed by atoms with Gasteiger partial charge in [0.05, 0.1) is 0 Å². The van der Waals surface area contributed by atoms with Crippen LogP contribution in [0, 0.1) is 12.7 Å². The molecule has 2 aromatic rings. The highest BCUT2D eigenvalue weighted by atomic mass is 19.1. The number of hydrogen-bond donors (Lipinski definition) is 1. The van der Waals surface area contributed by atoms with Crippen molar-refractivity contribution in [1.29, 1.82) is 0 Å².